The molecule has 5 rings (SSSR count). The van der Waals surface area contributed by atoms with Crippen LogP contribution in [0.2, 0.25) is 0 Å². The third kappa shape index (κ3) is 5.13. The van der Waals surface area contributed by atoms with Crippen LogP contribution in [-0.2, 0) is 13.1 Å². The number of nitrogens with two attached hydrogens (primary N) is 1. The van der Waals surface area contributed by atoms with Crippen LogP contribution in [0.3, 0.4) is 0 Å². The molecule has 33 heavy (non-hydrogen) atoms. The second kappa shape index (κ2) is 9.30. The molecule has 1 aliphatic carbocycles. The Balaban J connectivity index is 1.12. The molecule has 0 spiro atoms. The van der Waals surface area contributed by atoms with Crippen LogP contribution in [0, 0.1) is 0 Å². The average molecular weight is 438 g/mol. The molecule has 0 saturated heterocycles. The minimum atomic E-state index is -0.180. The van der Waals surface area contributed by atoms with Gasteiger partial charge < -0.3 is 16.4 Å². The number of nitrogen functional groups attached to an aromatic ring is 1. The van der Waals surface area contributed by atoms with E-state index >= 15 is 0 Å². The molecule has 1 amide bonds. The van der Waals surface area contributed by atoms with Crippen molar-refractivity contribution in [2.24, 2.45) is 0 Å². The summed E-state index contributed by atoms with van der Waals surface area (Å²) in [5.41, 5.74) is 11.3. The zero-order chi connectivity index (χ0) is 22.6. The molecule has 1 saturated carbocycles. The molecule has 166 valence electrons. The van der Waals surface area contributed by atoms with Crippen molar-refractivity contribution in [1.82, 2.24) is 15.1 Å². The van der Waals surface area contributed by atoms with Gasteiger partial charge in [0.25, 0.3) is 5.91 Å². The number of nitrogens with zero attached hydrogens (tertiary/aromatic N) is 2. The molecule has 3 aromatic carbocycles. The van der Waals surface area contributed by atoms with E-state index in [9.17, 15) is 4.79 Å². The number of rotatable bonds is 8. The largest absolute Gasteiger partial charge is 0.397 e. The second-order valence-corrected chi connectivity index (χ2v) is 8.52. The highest BCUT2D eigenvalue weighted by Crippen LogP contribution is 2.40. The lowest BCUT2D eigenvalue weighted by Gasteiger charge is -2.08. The number of carbonyl (C=O) groups excluding carboxylic acids is 1. The number of hydrogen-bond donors (Lipinski definition) is 3. The van der Waals surface area contributed by atoms with Crippen molar-refractivity contribution in [3.8, 4) is 0 Å². The second-order valence-electron chi connectivity index (χ2n) is 8.52. The number of anilines is 2. The summed E-state index contributed by atoms with van der Waals surface area (Å²) in [5.74, 6) is 0.441. The van der Waals surface area contributed by atoms with Crippen LogP contribution in [-0.4, -0.2) is 21.7 Å². The van der Waals surface area contributed by atoms with Gasteiger partial charge in [0.2, 0.25) is 0 Å². The van der Waals surface area contributed by atoms with Crippen molar-refractivity contribution in [3.05, 3.63) is 114 Å². The Bertz CT molecular complexity index is 1230. The topological polar surface area (TPSA) is 85.0 Å². The van der Waals surface area contributed by atoms with Crippen molar-refractivity contribution in [2.75, 3.05) is 11.1 Å². The molecule has 1 aromatic heterocycles. The highest BCUT2D eigenvalue weighted by Gasteiger charge is 2.37. The van der Waals surface area contributed by atoms with E-state index in [4.69, 9.17) is 5.73 Å². The van der Waals surface area contributed by atoms with Gasteiger partial charge in [-0.25, -0.2) is 0 Å². The van der Waals surface area contributed by atoms with Crippen LogP contribution in [0.4, 0.5) is 11.4 Å². The first-order chi connectivity index (χ1) is 16.2. The Labute approximate surface area is 193 Å². The van der Waals surface area contributed by atoms with Gasteiger partial charge >= 0.3 is 0 Å². The number of hydrogen-bond acceptors (Lipinski definition) is 4. The molecule has 0 radical (unpaired) electrons. The molecule has 4 aromatic rings. The molecule has 0 aliphatic heterocycles. The maximum Gasteiger partial charge on any atom is 0.255 e. The predicted octanol–water partition coefficient (Wildman–Crippen LogP) is 4.41. The number of amides is 1. The van der Waals surface area contributed by atoms with E-state index in [1.807, 2.05) is 47.3 Å². The Morgan fingerprint density at radius 3 is 2.52 bits per heavy atom. The van der Waals surface area contributed by atoms with Gasteiger partial charge in [-0.3, -0.25) is 9.48 Å². The van der Waals surface area contributed by atoms with Crippen LogP contribution in [0.25, 0.3) is 0 Å². The summed E-state index contributed by atoms with van der Waals surface area (Å²) in [6.07, 6.45) is 5.18. The summed E-state index contributed by atoms with van der Waals surface area (Å²) in [7, 11) is 0. The molecule has 2 unspecified atom stereocenters. The highest BCUT2D eigenvalue weighted by atomic mass is 16.1. The van der Waals surface area contributed by atoms with Crippen molar-refractivity contribution in [2.45, 2.75) is 31.5 Å². The van der Waals surface area contributed by atoms with Gasteiger partial charge in [-0.2, -0.15) is 5.10 Å². The zero-order valence-electron chi connectivity index (χ0n) is 18.3. The molecule has 6 heteroatoms. The number of benzene rings is 3. The van der Waals surface area contributed by atoms with Crippen molar-refractivity contribution in [3.63, 3.8) is 0 Å². The Morgan fingerprint density at radius 2 is 1.73 bits per heavy atom. The number of para-hydroxylation sites is 2. The van der Waals surface area contributed by atoms with E-state index in [0.717, 1.165) is 12.1 Å². The van der Waals surface area contributed by atoms with Crippen LogP contribution >= 0.6 is 0 Å². The summed E-state index contributed by atoms with van der Waals surface area (Å²) >= 11 is 0. The van der Waals surface area contributed by atoms with Gasteiger partial charge in [-0.05, 0) is 41.8 Å². The fourth-order valence-electron chi connectivity index (χ4n) is 4.08. The predicted molar refractivity (Wildman–Crippen MR) is 131 cm³/mol. The van der Waals surface area contributed by atoms with E-state index in [0.29, 0.717) is 35.4 Å². The Kier molecular flexibility index (Phi) is 5.91. The summed E-state index contributed by atoms with van der Waals surface area (Å²) in [5, 5.41) is 11.0. The fourth-order valence-corrected chi connectivity index (χ4v) is 4.08. The van der Waals surface area contributed by atoms with E-state index in [2.05, 4.69) is 52.3 Å². The average Bonchev–Trinajstić information content (AvgIpc) is 3.50. The molecule has 6 nitrogen and oxygen atoms in total. The lowest BCUT2D eigenvalue weighted by atomic mass is 10.1. The van der Waals surface area contributed by atoms with Crippen molar-refractivity contribution in [1.29, 1.82) is 0 Å². The number of aromatic nitrogens is 2. The van der Waals surface area contributed by atoms with Gasteiger partial charge in [0.15, 0.2) is 0 Å². The lowest BCUT2D eigenvalue weighted by Crippen LogP contribution is -2.16. The molecule has 4 N–H and O–H groups in total. The van der Waals surface area contributed by atoms with E-state index < -0.39 is 0 Å². The quantitative estimate of drug-likeness (QED) is 0.357. The maximum absolute atomic E-state index is 12.5. The smallest absolute Gasteiger partial charge is 0.255 e. The molecule has 2 atom stereocenters. The Morgan fingerprint density at radius 1 is 0.970 bits per heavy atom. The molecular weight excluding hydrogens is 410 g/mol. The normalized spacial score (nSPS) is 17.0. The van der Waals surface area contributed by atoms with E-state index in [1.54, 1.807) is 12.1 Å². The SMILES string of the molecule is Nc1ccccc1NC(=O)c1ccc(Cn2cc(CNC3CC3c3ccccc3)cn2)cc1. The van der Waals surface area contributed by atoms with Gasteiger partial charge in [-0.1, -0.05) is 54.6 Å². The first-order valence-corrected chi connectivity index (χ1v) is 11.2. The summed E-state index contributed by atoms with van der Waals surface area (Å²) in [6.45, 7) is 1.47. The third-order valence-electron chi connectivity index (χ3n) is 6.04. The summed E-state index contributed by atoms with van der Waals surface area (Å²) in [4.78, 5) is 12.5. The highest BCUT2D eigenvalue weighted by molar-refractivity contribution is 6.05. The summed E-state index contributed by atoms with van der Waals surface area (Å²) < 4.78 is 1.93. The fraction of sp³-hybridized carbons (Fsp3) is 0.185. The monoisotopic (exact) mass is 437 g/mol. The van der Waals surface area contributed by atoms with Gasteiger partial charge in [-0.15, -0.1) is 0 Å². The third-order valence-corrected chi connectivity index (χ3v) is 6.04. The van der Waals surface area contributed by atoms with Crippen LogP contribution in [0.1, 0.15) is 39.4 Å². The van der Waals surface area contributed by atoms with E-state index in [-0.39, 0.29) is 5.91 Å². The number of carbonyl (C=O) groups is 1. The Hall–Kier alpha value is -3.90. The van der Waals surface area contributed by atoms with Crippen LogP contribution < -0.4 is 16.4 Å². The van der Waals surface area contributed by atoms with Gasteiger partial charge in [0.05, 0.1) is 24.1 Å². The molecule has 1 fully saturated rings. The molecule has 1 heterocycles. The van der Waals surface area contributed by atoms with Crippen LogP contribution in [0.15, 0.2) is 91.3 Å². The van der Waals surface area contributed by atoms with E-state index in [1.165, 1.54) is 17.5 Å². The molecular formula is C27H27N5O. The van der Waals surface area contributed by atoms with Gasteiger partial charge in [0.1, 0.15) is 0 Å². The van der Waals surface area contributed by atoms with Gasteiger partial charge in [0, 0.05) is 35.8 Å². The molecule has 1 aliphatic rings. The first-order valence-electron chi connectivity index (χ1n) is 11.2. The first kappa shape index (κ1) is 21.0. The van der Waals surface area contributed by atoms with Crippen molar-refractivity contribution >= 4 is 17.3 Å². The minimum Gasteiger partial charge on any atom is -0.397 e. The van der Waals surface area contributed by atoms with Crippen molar-refractivity contribution < 1.29 is 4.79 Å². The lowest BCUT2D eigenvalue weighted by molar-refractivity contribution is 0.102. The zero-order valence-corrected chi connectivity index (χ0v) is 18.3. The maximum atomic E-state index is 12.5. The molecule has 0 bridgehead atoms. The standard InChI is InChI=1S/C27H27N5O/c28-24-8-4-5-9-25(24)31-27(33)22-12-10-19(11-13-22)17-32-18-20(16-30-32)15-29-26-14-23(26)21-6-2-1-3-7-21/h1-13,16,18,23,26,29H,14-15,17,28H2,(H,31,33). The summed E-state index contributed by atoms with van der Waals surface area (Å²) in [6, 6.07) is 26.0. The minimum absolute atomic E-state index is 0.180. The van der Waals surface area contributed by atoms with Crippen LogP contribution in [0.5, 0.6) is 0 Å². The number of nitrogens with one attached hydrogen (secondary N) is 2.